The van der Waals surface area contributed by atoms with E-state index < -0.39 is 0 Å². The zero-order valence-corrected chi connectivity index (χ0v) is 8.12. The van der Waals surface area contributed by atoms with Gasteiger partial charge in [-0.1, -0.05) is 15.9 Å². The van der Waals surface area contributed by atoms with E-state index in [-0.39, 0.29) is 0 Å². The number of halogens is 1. The lowest BCUT2D eigenvalue weighted by atomic mass is 10.2. The number of aryl methyl sites for hydroxylation is 1. The largest absolute Gasteiger partial charge is 0.201 e. The number of hydrogen-bond donors (Lipinski definition) is 0. The van der Waals surface area contributed by atoms with Crippen molar-refractivity contribution in [3.63, 3.8) is 0 Å². The van der Waals surface area contributed by atoms with Gasteiger partial charge in [0.1, 0.15) is 0 Å². The molecule has 0 radical (unpaired) electrons. The van der Waals surface area contributed by atoms with Gasteiger partial charge in [0, 0.05) is 16.4 Å². The highest BCUT2D eigenvalue weighted by Gasteiger charge is 1.92. The van der Waals surface area contributed by atoms with Gasteiger partial charge in [-0.2, -0.15) is 0 Å². The van der Waals surface area contributed by atoms with Gasteiger partial charge in [-0.15, -0.1) is 0 Å². The molecule has 56 valence electrons. The lowest BCUT2D eigenvalue weighted by Gasteiger charge is -1.91. The second kappa shape index (κ2) is 4.85. The lowest BCUT2D eigenvalue weighted by molar-refractivity contribution is 0.815. The van der Waals surface area contributed by atoms with Crippen LogP contribution in [0.15, 0.2) is 12.3 Å². The molecule has 1 rings (SSSR count). The van der Waals surface area contributed by atoms with Crippen LogP contribution in [0, 0.1) is 0 Å². The monoisotopic (exact) mass is 219 g/mol. The van der Waals surface area contributed by atoms with Gasteiger partial charge in [0.05, 0.1) is 0 Å². The van der Waals surface area contributed by atoms with Crippen LogP contribution in [0.3, 0.4) is 0 Å². The predicted octanol–water partition coefficient (Wildman–Crippen LogP) is 2.86. The van der Waals surface area contributed by atoms with Crippen LogP contribution in [0.25, 0.3) is 0 Å². The fourth-order valence-electron chi connectivity index (χ4n) is 0.765. The zero-order valence-electron chi connectivity index (χ0n) is 5.72. The van der Waals surface area contributed by atoms with Crippen molar-refractivity contribution >= 4 is 27.5 Å². The van der Waals surface area contributed by atoms with Crippen LogP contribution < -0.4 is 0 Å². The van der Waals surface area contributed by atoms with Gasteiger partial charge in [-0.05, 0) is 36.9 Å². The van der Waals surface area contributed by atoms with Gasteiger partial charge in [0.2, 0.25) is 0 Å². The van der Waals surface area contributed by atoms with Gasteiger partial charge in [0.15, 0.2) is 0 Å². The molecule has 0 saturated heterocycles. The van der Waals surface area contributed by atoms with E-state index in [0.29, 0.717) is 0 Å². The van der Waals surface area contributed by atoms with E-state index in [1.165, 1.54) is 24.1 Å². The smallest absolute Gasteiger partial charge is 0.0409 e. The average Bonchev–Trinajstić information content (AvgIpc) is 2.41. The minimum Gasteiger partial charge on any atom is -0.201 e. The summed E-state index contributed by atoms with van der Waals surface area (Å²) >= 11 is 5.01. The van der Waals surface area contributed by atoms with Crippen LogP contribution >= 0.6 is 27.5 Å². The third-order valence-electron chi connectivity index (χ3n) is 1.30. The molecule has 1 aromatic heterocycles. The Morgan fingerprint density at radius 1 is 1.50 bits per heavy atom. The fourth-order valence-corrected chi connectivity index (χ4v) is 1.78. The van der Waals surface area contributed by atoms with E-state index in [9.17, 15) is 0 Å². The van der Waals surface area contributed by atoms with Gasteiger partial charge in [0.25, 0.3) is 0 Å². The molecule has 3 heteroatoms. The summed E-state index contributed by atoms with van der Waals surface area (Å²) in [5.74, 6) is 0. The van der Waals surface area contributed by atoms with Gasteiger partial charge >= 0.3 is 0 Å². The van der Waals surface area contributed by atoms with Crippen molar-refractivity contribution in [3.05, 3.63) is 17.1 Å². The van der Waals surface area contributed by atoms with Gasteiger partial charge in [-0.25, -0.2) is 4.37 Å². The summed E-state index contributed by atoms with van der Waals surface area (Å²) in [6, 6.07) is 2.10. The molecule has 0 aliphatic carbocycles. The molecule has 0 unspecified atom stereocenters. The van der Waals surface area contributed by atoms with Gasteiger partial charge < -0.3 is 0 Å². The lowest BCUT2D eigenvalue weighted by Crippen LogP contribution is -1.80. The Labute approximate surface area is 73.8 Å². The molecule has 0 bridgehead atoms. The summed E-state index contributed by atoms with van der Waals surface area (Å²) < 4.78 is 4.03. The Hall–Kier alpha value is 0.110. The van der Waals surface area contributed by atoms with Crippen molar-refractivity contribution in [1.29, 1.82) is 0 Å². The molecular formula is C7H10BrNS. The maximum Gasteiger partial charge on any atom is 0.0409 e. The summed E-state index contributed by atoms with van der Waals surface area (Å²) in [5.41, 5.74) is 0. The summed E-state index contributed by atoms with van der Waals surface area (Å²) in [7, 11) is 0. The van der Waals surface area contributed by atoms with Crippen molar-refractivity contribution in [1.82, 2.24) is 4.37 Å². The Morgan fingerprint density at radius 3 is 3.00 bits per heavy atom. The predicted molar refractivity (Wildman–Crippen MR) is 48.8 cm³/mol. The molecule has 0 spiro atoms. The van der Waals surface area contributed by atoms with Crippen LogP contribution in [0.1, 0.15) is 17.7 Å². The maximum absolute atomic E-state index is 4.03. The zero-order chi connectivity index (χ0) is 7.23. The number of aromatic nitrogens is 1. The van der Waals surface area contributed by atoms with Crippen LogP contribution in [-0.2, 0) is 6.42 Å². The van der Waals surface area contributed by atoms with E-state index in [2.05, 4.69) is 26.4 Å². The van der Waals surface area contributed by atoms with Gasteiger partial charge in [-0.3, -0.25) is 0 Å². The van der Waals surface area contributed by atoms with Crippen LogP contribution in [0.5, 0.6) is 0 Å². The normalized spacial score (nSPS) is 10.1. The quantitative estimate of drug-likeness (QED) is 0.561. The first-order valence-electron chi connectivity index (χ1n) is 3.39. The molecule has 0 aromatic carbocycles. The number of unbranched alkanes of at least 4 members (excludes halogenated alkanes) is 1. The second-order valence-electron chi connectivity index (χ2n) is 2.12. The Kier molecular flexibility index (Phi) is 3.98. The molecule has 0 amide bonds. The highest BCUT2D eigenvalue weighted by atomic mass is 79.9. The van der Waals surface area contributed by atoms with Crippen molar-refractivity contribution in [3.8, 4) is 0 Å². The average molecular weight is 220 g/mol. The third-order valence-corrected chi connectivity index (χ3v) is 2.66. The first-order chi connectivity index (χ1) is 4.93. The molecule has 1 heterocycles. The van der Waals surface area contributed by atoms with E-state index >= 15 is 0 Å². The number of alkyl halides is 1. The molecule has 0 N–H and O–H groups in total. The number of rotatable bonds is 4. The Bertz CT molecular complexity index is 162. The fraction of sp³-hybridized carbons (Fsp3) is 0.571. The summed E-state index contributed by atoms with van der Waals surface area (Å²) in [4.78, 5) is 1.40. The van der Waals surface area contributed by atoms with Crippen molar-refractivity contribution in [2.45, 2.75) is 19.3 Å². The standard InChI is InChI=1S/C7H10BrNS/c8-5-2-1-3-7-4-6-9-10-7/h4,6H,1-3,5H2. The molecule has 10 heavy (non-hydrogen) atoms. The topological polar surface area (TPSA) is 12.9 Å². The molecule has 0 saturated carbocycles. The van der Waals surface area contributed by atoms with Crippen molar-refractivity contribution in [2.24, 2.45) is 0 Å². The highest BCUT2D eigenvalue weighted by Crippen LogP contribution is 2.09. The minimum absolute atomic E-state index is 1.12. The van der Waals surface area contributed by atoms with E-state index in [0.717, 1.165) is 5.33 Å². The Balaban J connectivity index is 2.15. The van der Waals surface area contributed by atoms with E-state index in [1.54, 1.807) is 11.5 Å². The SMILES string of the molecule is BrCCCCc1ccns1. The first kappa shape index (κ1) is 8.21. The summed E-state index contributed by atoms with van der Waals surface area (Å²) in [5, 5.41) is 1.12. The third kappa shape index (κ3) is 2.80. The van der Waals surface area contributed by atoms with E-state index in [4.69, 9.17) is 0 Å². The minimum atomic E-state index is 1.12. The molecule has 1 aromatic rings. The molecular weight excluding hydrogens is 210 g/mol. The van der Waals surface area contributed by atoms with Crippen molar-refractivity contribution < 1.29 is 0 Å². The Morgan fingerprint density at radius 2 is 2.40 bits per heavy atom. The summed E-state index contributed by atoms with van der Waals surface area (Å²) in [6.07, 6.45) is 5.59. The molecule has 0 aliphatic rings. The second-order valence-corrected chi connectivity index (χ2v) is 3.84. The van der Waals surface area contributed by atoms with Crippen molar-refractivity contribution in [2.75, 3.05) is 5.33 Å². The number of hydrogen-bond acceptors (Lipinski definition) is 2. The van der Waals surface area contributed by atoms with Crippen LogP contribution in [0.4, 0.5) is 0 Å². The van der Waals surface area contributed by atoms with Crippen LogP contribution in [0.2, 0.25) is 0 Å². The first-order valence-corrected chi connectivity index (χ1v) is 5.28. The highest BCUT2D eigenvalue weighted by molar-refractivity contribution is 9.09. The molecule has 0 atom stereocenters. The van der Waals surface area contributed by atoms with Crippen LogP contribution in [-0.4, -0.2) is 9.70 Å². The van der Waals surface area contributed by atoms with E-state index in [1.807, 2.05) is 6.20 Å². The number of nitrogens with zero attached hydrogens (tertiary/aromatic N) is 1. The molecule has 1 nitrogen and oxygen atoms in total. The maximum atomic E-state index is 4.03. The summed E-state index contributed by atoms with van der Waals surface area (Å²) in [6.45, 7) is 0. The molecule has 0 aliphatic heterocycles. The molecule has 0 fully saturated rings.